The van der Waals surface area contributed by atoms with Gasteiger partial charge in [0.15, 0.2) is 0 Å². The number of nitrogens with one attached hydrogen (secondary N) is 1. The lowest BCUT2D eigenvalue weighted by Crippen LogP contribution is -2.34. The quantitative estimate of drug-likeness (QED) is 0.898. The van der Waals surface area contributed by atoms with Gasteiger partial charge in [0.1, 0.15) is 0 Å². The molecule has 0 amide bonds. The summed E-state index contributed by atoms with van der Waals surface area (Å²) in [7, 11) is 0. The van der Waals surface area contributed by atoms with E-state index in [9.17, 15) is 13.2 Å². The van der Waals surface area contributed by atoms with Crippen LogP contribution in [-0.4, -0.2) is 16.1 Å². The molecule has 114 valence electrons. The number of hydrogen-bond acceptors (Lipinski definition) is 4. The Labute approximate surface area is 121 Å². The highest BCUT2D eigenvalue weighted by Crippen LogP contribution is 2.44. The summed E-state index contributed by atoms with van der Waals surface area (Å²) in [6, 6.07) is -0.166. The average Bonchev–Trinajstić information content (AvgIpc) is 2.41. The number of aromatic nitrogens is 2. The second kappa shape index (κ2) is 5.48. The molecule has 0 radical (unpaired) electrons. The molecule has 2 rings (SSSR count). The van der Waals surface area contributed by atoms with Crippen molar-refractivity contribution in [1.29, 1.82) is 0 Å². The van der Waals surface area contributed by atoms with E-state index in [1.165, 1.54) is 19.1 Å². The fourth-order valence-corrected chi connectivity index (χ4v) is 1.80. The first-order valence-electron chi connectivity index (χ1n) is 6.52. The number of rotatable bonds is 3. The molecule has 4 nitrogen and oxygen atoms in total. The van der Waals surface area contributed by atoms with Crippen LogP contribution in [0.3, 0.4) is 0 Å². The average molecular weight is 298 g/mol. The standard InChI is InChI=1S/C14H17F3N4/c1-9(18)10-7-19-12(20-8-10)21-11-3-5-13(2,6-4-11)14(15,16)17/h3-5,7-9H,6,18H2,1-2H3,(H,19,20,21)/t9?,13-/m0/s1. The zero-order valence-electron chi connectivity index (χ0n) is 11.8. The van der Waals surface area contributed by atoms with Gasteiger partial charge >= 0.3 is 6.18 Å². The van der Waals surface area contributed by atoms with Crippen LogP contribution in [0.15, 0.2) is 36.3 Å². The van der Waals surface area contributed by atoms with Gasteiger partial charge in [0.05, 0.1) is 5.41 Å². The molecule has 2 atom stereocenters. The Morgan fingerprint density at radius 1 is 1.33 bits per heavy atom. The summed E-state index contributed by atoms with van der Waals surface area (Å²) in [5.74, 6) is 0.325. The fourth-order valence-electron chi connectivity index (χ4n) is 1.80. The minimum absolute atomic E-state index is 0.118. The Morgan fingerprint density at radius 2 is 1.95 bits per heavy atom. The highest BCUT2D eigenvalue weighted by atomic mass is 19.4. The lowest BCUT2D eigenvalue weighted by molar-refractivity contribution is -0.199. The second-order valence-electron chi connectivity index (χ2n) is 5.37. The Balaban J connectivity index is 2.05. The van der Waals surface area contributed by atoms with Gasteiger partial charge in [-0.25, -0.2) is 9.97 Å². The molecule has 7 heteroatoms. The molecule has 1 aliphatic carbocycles. The highest BCUT2D eigenvalue weighted by Gasteiger charge is 2.49. The number of nitrogens with zero attached hydrogens (tertiary/aromatic N) is 2. The SMILES string of the molecule is CC(N)c1cnc(NC2=CC[C@@](C)(C(F)(F)F)C=C2)nc1. The fraction of sp³-hybridized carbons (Fsp3) is 0.429. The Hall–Kier alpha value is -1.89. The summed E-state index contributed by atoms with van der Waals surface area (Å²) >= 11 is 0. The lowest BCUT2D eigenvalue weighted by atomic mass is 9.82. The van der Waals surface area contributed by atoms with Crippen molar-refractivity contribution in [2.24, 2.45) is 11.1 Å². The van der Waals surface area contributed by atoms with Gasteiger partial charge in [-0.1, -0.05) is 12.2 Å². The predicted octanol–water partition coefficient (Wildman–Crippen LogP) is 3.32. The maximum atomic E-state index is 12.9. The van der Waals surface area contributed by atoms with Crippen molar-refractivity contribution >= 4 is 5.95 Å². The number of hydrogen-bond donors (Lipinski definition) is 2. The molecule has 1 aliphatic rings. The second-order valence-corrected chi connectivity index (χ2v) is 5.37. The van der Waals surface area contributed by atoms with Crippen LogP contribution >= 0.6 is 0 Å². The number of nitrogens with two attached hydrogens (primary N) is 1. The van der Waals surface area contributed by atoms with Gasteiger partial charge in [-0.05, 0) is 26.3 Å². The van der Waals surface area contributed by atoms with Crippen LogP contribution in [0.5, 0.6) is 0 Å². The third-order valence-electron chi connectivity index (χ3n) is 3.48. The van der Waals surface area contributed by atoms with Crippen molar-refractivity contribution in [3.63, 3.8) is 0 Å². The number of anilines is 1. The van der Waals surface area contributed by atoms with Crippen LogP contribution in [0.1, 0.15) is 31.9 Å². The van der Waals surface area contributed by atoms with E-state index in [0.717, 1.165) is 11.6 Å². The zero-order valence-corrected chi connectivity index (χ0v) is 11.8. The Bertz CT molecular complexity index is 561. The first-order chi connectivity index (χ1) is 9.71. The molecule has 1 aromatic rings. The van der Waals surface area contributed by atoms with Gasteiger partial charge in [-0.2, -0.15) is 13.2 Å². The first-order valence-corrected chi connectivity index (χ1v) is 6.52. The third kappa shape index (κ3) is 3.41. The van der Waals surface area contributed by atoms with Crippen molar-refractivity contribution < 1.29 is 13.2 Å². The van der Waals surface area contributed by atoms with E-state index in [-0.39, 0.29) is 12.5 Å². The van der Waals surface area contributed by atoms with Crippen molar-refractivity contribution in [2.75, 3.05) is 5.32 Å². The van der Waals surface area contributed by atoms with Crippen LogP contribution < -0.4 is 11.1 Å². The summed E-state index contributed by atoms with van der Waals surface area (Å²) in [5, 5.41) is 2.88. The van der Waals surface area contributed by atoms with Crippen LogP contribution in [0.25, 0.3) is 0 Å². The third-order valence-corrected chi connectivity index (χ3v) is 3.48. The number of alkyl halides is 3. The van der Waals surface area contributed by atoms with Crippen LogP contribution in [0.2, 0.25) is 0 Å². The van der Waals surface area contributed by atoms with Crippen LogP contribution in [0.4, 0.5) is 19.1 Å². The van der Waals surface area contributed by atoms with Gasteiger partial charge in [0.2, 0.25) is 5.95 Å². The first kappa shape index (κ1) is 15.5. The van der Waals surface area contributed by atoms with Gasteiger partial charge < -0.3 is 11.1 Å². The van der Waals surface area contributed by atoms with E-state index in [1.807, 2.05) is 6.92 Å². The molecule has 0 aromatic carbocycles. The summed E-state index contributed by atoms with van der Waals surface area (Å²) in [5.41, 5.74) is 5.20. The molecular formula is C14H17F3N4. The van der Waals surface area contributed by atoms with E-state index < -0.39 is 11.6 Å². The summed E-state index contributed by atoms with van der Waals surface area (Å²) in [6.07, 6.45) is 2.86. The molecule has 1 heterocycles. The number of halogens is 3. The van der Waals surface area contributed by atoms with E-state index in [2.05, 4.69) is 15.3 Å². The van der Waals surface area contributed by atoms with Gasteiger partial charge in [0, 0.05) is 29.7 Å². The lowest BCUT2D eigenvalue weighted by Gasteiger charge is -2.30. The summed E-state index contributed by atoms with van der Waals surface area (Å²) in [6.45, 7) is 2.99. The molecule has 0 aliphatic heterocycles. The monoisotopic (exact) mass is 298 g/mol. The molecule has 0 saturated heterocycles. The predicted molar refractivity (Wildman–Crippen MR) is 74.3 cm³/mol. The van der Waals surface area contributed by atoms with Gasteiger partial charge in [-0.15, -0.1) is 0 Å². The topological polar surface area (TPSA) is 63.8 Å². The van der Waals surface area contributed by atoms with Crippen LogP contribution in [0, 0.1) is 5.41 Å². The number of allylic oxidation sites excluding steroid dienone is 3. The molecule has 0 fully saturated rings. The maximum Gasteiger partial charge on any atom is 0.397 e. The van der Waals surface area contributed by atoms with E-state index >= 15 is 0 Å². The zero-order chi connectivity index (χ0) is 15.7. The summed E-state index contributed by atoms with van der Waals surface area (Å²) < 4.78 is 38.6. The highest BCUT2D eigenvalue weighted by molar-refractivity contribution is 5.42. The molecule has 1 aromatic heterocycles. The van der Waals surface area contributed by atoms with E-state index in [0.29, 0.717) is 11.6 Å². The van der Waals surface area contributed by atoms with Crippen molar-refractivity contribution in [3.05, 3.63) is 41.9 Å². The minimum Gasteiger partial charge on any atom is -0.324 e. The molecule has 1 unspecified atom stereocenters. The smallest absolute Gasteiger partial charge is 0.324 e. The van der Waals surface area contributed by atoms with Crippen molar-refractivity contribution in [2.45, 2.75) is 32.5 Å². The molecular weight excluding hydrogens is 281 g/mol. The normalized spacial score (nSPS) is 23.6. The Morgan fingerprint density at radius 3 is 2.38 bits per heavy atom. The molecule has 3 N–H and O–H groups in total. The van der Waals surface area contributed by atoms with E-state index in [4.69, 9.17) is 5.73 Å². The largest absolute Gasteiger partial charge is 0.397 e. The van der Waals surface area contributed by atoms with Gasteiger partial charge in [0.25, 0.3) is 0 Å². The van der Waals surface area contributed by atoms with Crippen LogP contribution in [-0.2, 0) is 0 Å². The van der Waals surface area contributed by atoms with Gasteiger partial charge in [-0.3, -0.25) is 0 Å². The molecule has 0 spiro atoms. The minimum atomic E-state index is -4.26. The van der Waals surface area contributed by atoms with Crippen molar-refractivity contribution in [1.82, 2.24) is 9.97 Å². The molecule has 0 saturated carbocycles. The summed E-state index contributed by atoms with van der Waals surface area (Å²) in [4.78, 5) is 8.16. The maximum absolute atomic E-state index is 12.9. The van der Waals surface area contributed by atoms with E-state index in [1.54, 1.807) is 12.4 Å². The van der Waals surface area contributed by atoms with Crippen molar-refractivity contribution in [3.8, 4) is 0 Å². The molecule has 0 bridgehead atoms. The molecule has 21 heavy (non-hydrogen) atoms. The Kier molecular flexibility index (Phi) is 4.04.